The fraction of sp³-hybridized carbons (Fsp3) is 0.538. The summed E-state index contributed by atoms with van der Waals surface area (Å²) in [6.07, 6.45) is 1.91. The van der Waals surface area contributed by atoms with Crippen LogP contribution in [0.5, 0.6) is 0 Å². The molecule has 0 spiro atoms. The van der Waals surface area contributed by atoms with Gasteiger partial charge in [0.25, 0.3) is 0 Å². The van der Waals surface area contributed by atoms with Crippen LogP contribution >= 0.6 is 0 Å². The summed E-state index contributed by atoms with van der Waals surface area (Å²) in [4.78, 5) is 20.5. The second-order valence-corrected chi connectivity index (χ2v) is 5.27. The Kier molecular flexibility index (Phi) is 3.59. The van der Waals surface area contributed by atoms with E-state index in [1.165, 1.54) is 6.33 Å². The maximum Gasteiger partial charge on any atom is 0.227 e. The number of carbonyl (C=O) groups is 1. The molecular formula is C13H19N7O. The molecule has 0 aromatic carbocycles. The molecule has 2 N–H and O–H groups in total. The first kappa shape index (κ1) is 13.6. The topological polar surface area (TPSA) is 93.8 Å². The van der Waals surface area contributed by atoms with Crippen LogP contribution in [0, 0.1) is 13.8 Å². The van der Waals surface area contributed by atoms with Gasteiger partial charge in [-0.15, -0.1) is 0 Å². The summed E-state index contributed by atoms with van der Waals surface area (Å²) in [6.45, 7) is 6.82. The Morgan fingerprint density at radius 1 is 1.24 bits per heavy atom. The molecule has 0 atom stereocenters. The molecule has 1 fully saturated rings. The normalized spacial score (nSPS) is 15.5. The highest BCUT2D eigenvalue weighted by Gasteiger charge is 2.23. The van der Waals surface area contributed by atoms with Gasteiger partial charge in [0.15, 0.2) is 0 Å². The van der Waals surface area contributed by atoms with E-state index in [0.717, 1.165) is 36.0 Å². The first-order chi connectivity index (χ1) is 10.1. The molecule has 3 rings (SSSR count). The zero-order valence-corrected chi connectivity index (χ0v) is 12.3. The Morgan fingerprint density at radius 2 is 2.00 bits per heavy atom. The molecule has 3 heterocycles. The van der Waals surface area contributed by atoms with Crippen molar-refractivity contribution in [2.75, 3.05) is 31.1 Å². The molecule has 0 bridgehead atoms. The fourth-order valence-electron chi connectivity index (χ4n) is 2.62. The summed E-state index contributed by atoms with van der Waals surface area (Å²) in [5, 5.41) is 13.8. The van der Waals surface area contributed by atoms with Crippen LogP contribution in [-0.4, -0.2) is 62.4 Å². The fourth-order valence-corrected chi connectivity index (χ4v) is 2.62. The maximum atomic E-state index is 12.4. The smallest absolute Gasteiger partial charge is 0.227 e. The number of anilines is 1. The highest BCUT2D eigenvalue weighted by Crippen LogP contribution is 2.14. The van der Waals surface area contributed by atoms with E-state index >= 15 is 0 Å². The molecule has 2 aromatic heterocycles. The highest BCUT2D eigenvalue weighted by atomic mass is 16.2. The molecule has 21 heavy (non-hydrogen) atoms. The lowest BCUT2D eigenvalue weighted by Gasteiger charge is -2.34. The van der Waals surface area contributed by atoms with Crippen molar-refractivity contribution >= 4 is 11.9 Å². The Bertz CT molecular complexity index is 591. The molecule has 8 heteroatoms. The van der Waals surface area contributed by atoms with Gasteiger partial charge >= 0.3 is 0 Å². The molecule has 1 saturated heterocycles. The van der Waals surface area contributed by atoms with Gasteiger partial charge in [-0.1, -0.05) is 0 Å². The summed E-state index contributed by atoms with van der Waals surface area (Å²) in [5.74, 6) is 0.920. The molecule has 0 aliphatic carbocycles. The molecule has 2 aromatic rings. The first-order valence-corrected chi connectivity index (χ1v) is 7.03. The lowest BCUT2D eigenvalue weighted by molar-refractivity contribution is -0.130. The van der Waals surface area contributed by atoms with Crippen molar-refractivity contribution < 1.29 is 4.79 Å². The summed E-state index contributed by atoms with van der Waals surface area (Å²) < 4.78 is 0. The van der Waals surface area contributed by atoms with E-state index in [0.29, 0.717) is 19.5 Å². The molecule has 0 unspecified atom stereocenters. The average molecular weight is 289 g/mol. The van der Waals surface area contributed by atoms with E-state index in [1.807, 2.05) is 18.7 Å². The third kappa shape index (κ3) is 2.74. The Balaban J connectivity index is 1.58. The van der Waals surface area contributed by atoms with Crippen molar-refractivity contribution in [3.05, 3.63) is 23.3 Å². The number of nitrogens with one attached hydrogen (secondary N) is 2. The molecule has 1 aliphatic rings. The quantitative estimate of drug-likeness (QED) is 0.832. The monoisotopic (exact) mass is 289 g/mol. The van der Waals surface area contributed by atoms with Crippen LogP contribution < -0.4 is 4.90 Å². The number of piperazine rings is 1. The van der Waals surface area contributed by atoms with Crippen molar-refractivity contribution in [3.63, 3.8) is 0 Å². The zero-order chi connectivity index (χ0) is 14.8. The first-order valence-electron chi connectivity index (χ1n) is 7.03. The SMILES string of the molecule is Cc1n[nH]c(C)c1CC(=O)N1CCN(c2ncn[nH]2)CC1. The standard InChI is InChI=1S/C13H19N7O/c1-9-11(10(2)17-16-9)7-12(21)19-3-5-20(6-4-19)13-14-8-15-18-13/h8H,3-7H2,1-2H3,(H,16,17)(H,14,15,18). The lowest BCUT2D eigenvalue weighted by atomic mass is 10.1. The molecule has 1 aliphatic heterocycles. The third-order valence-corrected chi connectivity index (χ3v) is 3.94. The zero-order valence-electron chi connectivity index (χ0n) is 12.3. The Hall–Kier alpha value is -2.38. The number of carbonyl (C=O) groups excluding carboxylic acids is 1. The number of hydrogen-bond acceptors (Lipinski definition) is 5. The van der Waals surface area contributed by atoms with Crippen molar-refractivity contribution in [1.29, 1.82) is 0 Å². The number of H-pyrrole nitrogens is 2. The number of rotatable bonds is 3. The van der Waals surface area contributed by atoms with Gasteiger partial charge < -0.3 is 9.80 Å². The van der Waals surface area contributed by atoms with Gasteiger partial charge in [0.2, 0.25) is 11.9 Å². The van der Waals surface area contributed by atoms with Crippen molar-refractivity contribution in [1.82, 2.24) is 30.3 Å². The number of aromatic amines is 2. The van der Waals surface area contributed by atoms with Gasteiger partial charge in [-0.2, -0.15) is 15.2 Å². The van der Waals surface area contributed by atoms with E-state index in [9.17, 15) is 4.79 Å². The van der Waals surface area contributed by atoms with Crippen LogP contribution in [0.25, 0.3) is 0 Å². The Morgan fingerprint density at radius 3 is 2.57 bits per heavy atom. The minimum Gasteiger partial charge on any atom is -0.339 e. The van der Waals surface area contributed by atoms with Crippen molar-refractivity contribution in [3.8, 4) is 0 Å². The van der Waals surface area contributed by atoms with Crippen LogP contribution in [0.3, 0.4) is 0 Å². The number of hydrogen-bond donors (Lipinski definition) is 2. The minimum atomic E-state index is 0.153. The predicted octanol–water partition coefficient (Wildman–Crippen LogP) is 0.0359. The highest BCUT2D eigenvalue weighted by molar-refractivity contribution is 5.79. The molecule has 1 amide bonds. The van der Waals surface area contributed by atoms with Crippen LogP contribution in [0.4, 0.5) is 5.95 Å². The number of amides is 1. The second kappa shape index (κ2) is 5.55. The summed E-state index contributed by atoms with van der Waals surface area (Å²) in [7, 11) is 0. The van der Waals surface area contributed by atoms with Crippen molar-refractivity contribution in [2.45, 2.75) is 20.3 Å². The molecule has 8 nitrogen and oxygen atoms in total. The van der Waals surface area contributed by atoms with E-state index in [-0.39, 0.29) is 5.91 Å². The van der Waals surface area contributed by atoms with Crippen LogP contribution in [0.2, 0.25) is 0 Å². The van der Waals surface area contributed by atoms with E-state index in [4.69, 9.17) is 0 Å². The van der Waals surface area contributed by atoms with Gasteiger partial charge in [-0.05, 0) is 13.8 Å². The number of nitrogens with zero attached hydrogens (tertiary/aromatic N) is 5. The molecular weight excluding hydrogens is 270 g/mol. The molecule has 0 saturated carbocycles. The van der Waals surface area contributed by atoms with Gasteiger partial charge in [-0.25, -0.2) is 5.10 Å². The van der Waals surface area contributed by atoms with Crippen LogP contribution in [0.15, 0.2) is 6.33 Å². The van der Waals surface area contributed by atoms with Gasteiger partial charge in [-0.3, -0.25) is 9.89 Å². The second-order valence-electron chi connectivity index (χ2n) is 5.27. The summed E-state index contributed by atoms with van der Waals surface area (Å²) in [5.41, 5.74) is 2.89. The largest absolute Gasteiger partial charge is 0.339 e. The predicted molar refractivity (Wildman–Crippen MR) is 76.9 cm³/mol. The summed E-state index contributed by atoms with van der Waals surface area (Å²) in [6, 6.07) is 0. The molecule has 0 radical (unpaired) electrons. The van der Waals surface area contributed by atoms with E-state index in [2.05, 4.69) is 30.3 Å². The van der Waals surface area contributed by atoms with Gasteiger partial charge in [0.05, 0.1) is 12.1 Å². The number of aromatic nitrogens is 5. The van der Waals surface area contributed by atoms with E-state index < -0.39 is 0 Å². The van der Waals surface area contributed by atoms with Gasteiger partial charge in [0, 0.05) is 37.4 Å². The van der Waals surface area contributed by atoms with Crippen LogP contribution in [-0.2, 0) is 11.2 Å². The maximum absolute atomic E-state index is 12.4. The van der Waals surface area contributed by atoms with Gasteiger partial charge in [0.1, 0.15) is 6.33 Å². The molecule has 112 valence electrons. The number of aryl methyl sites for hydroxylation is 2. The van der Waals surface area contributed by atoms with E-state index in [1.54, 1.807) is 0 Å². The van der Waals surface area contributed by atoms with Crippen molar-refractivity contribution in [2.24, 2.45) is 0 Å². The Labute approximate surface area is 122 Å². The van der Waals surface area contributed by atoms with Crippen LogP contribution in [0.1, 0.15) is 17.0 Å². The average Bonchev–Trinajstić information content (AvgIpc) is 3.13. The minimum absolute atomic E-state index is 0.153. The lowest BCUT2D eigenvalue weighted by Crippen LogP contribution is -2.49. The third-order valence-electron chi connectivity index (χ3n) is 3.94. The summed E-state index contributed by atoms with van der Waals surface area (Å²) >= 11 is 0.